The van der Waals surface area contributed by atoms with E-state index in [-0.39, 0.29) is 0 Å². The Kier molecular flexibility index (Phi) is 6.75. The molecule has 0 aliphatic heterocycles. The zero-order valence-corrected chi connectivity index (χ0v) is 9.61. The highest BCUT2D eigenvalue weighted by molar-refractivity contribution is 7.94. The molecule has 0 fully saturated rings. The van der Waals surface area contributed by atoms with E-state index >= 15 is 0 Å². The van der Waals surface area contributed by atoms with Crippen LogP contribution in [0, 0.1) is 0 Å². The van der Waals surface area contributed by atoms with Crippen molar-refractivity contribution in [1.82, 2.24) is 0 Å². The molecule has 0 aromatic heterocycles. The number of unbranched alkanes of at least 4 members (excludes halogenated alkanes) is 1. The van der Waals surface area contributed by atoms with Gasteiger partial charge in [-0.2, -0.15) is 0 Å². The summed E-state index contributed by atoms with van der Waals surface area (Å²) >= 11 is 1.06. The summed E-state index contributed by atoms with van der Waals surface area (Å²) in [6.45, 7) is 0.643. The molecule has 0 radical (unpaired) electrons. The maximum atomic E-state index is 7.86. The topological polar surface area (TPSA) is 73.9 Å². The Hall–Kier alpha value is -0.950. The van der Waals surface area contributed by atoms with Gasteiger partial charge in [-0.1, -0.05) is 5.04 Å². The Morgan fingerprint density at radius 1 is 1.19 bits per heavy atom. The Labute approximate surface area is 98.6 Å². The van der Waals surface area contributed by atoms with E-state index in [0.29, 0.717) is 6.61 Å². The van der Waals surface area contributed by atoms with Crippen molar-refractivity contribution >= 4 is 17.7 Å². The van der Waals surface area contributed by atoms with Gasteiger partial charge in [-0.25, -0.2) is 5.26 Å². The van der Waals surface area contributed by atoms with Crippen LogP contribution in [0.2, 0.25) is 0 Å². The van der Waals surface area contributed by atoms with Gasteiger partial charge < -0.3 is 10.5 Å². The van der Waals surface area contributed by atoms with Crippen LogP contribution in [0.1, 0.15) is 12.8 Å². The fourth-order valence-corrected chi connectivity index (χ4v) is 1.51. The van der Waals surface area contributed by atoms with Gasteiger partial charge in [0.05, 0.1) is 6.61 Å². The lowest BCUT2D eigenvalue weighted by molar-refractivity contribution is -0.432. The quantitative estimate of drug-likeness (QED) is 0.241. The summed E-state index contributed by atoms with van der Waals surface area (Å²) in [4.78, 5) is 0. The average Bonchev–Trinajstić information content (AvgIpc) is 2.30. The van der Waals surface area contributed by atoms with E-state index in [0.717, 1.165) is 42.1 Å². The smallest absolute Gasteiger partial charge is 0.119 e. The van der Waals surface area contributed by atoms with Gasteiger partial charge in [0.15, 0.2) is 0 Å². The largest absolute Gasteiger partial charge is 0.494 e. The van der Waals surface area contributed by atoms with Crippen LogP contribution in [0.5, 0.6) is 5.75 Å². The van der Waals surface area contributed by atoms with E-state index in [1.165, 1.54) is 0 Å². The van der Waals surface area contributed by atoms with Crippen molar-refractivity contribution in [2.24, 2.45) is 0 Å². The summed E-state index contributed by atoms with van der Waals surface area (Å²) < 4.78 is 9.71. The summed E-state index contributed by atoms with van der Waals surface area (Å²) in [7, 11) is 0. The van der Waals surface area contributed by atoms with Gasteiger partial charge >= 0.3 is 0 Å². The lowest BCUT2D eigenvalue weighted by Gasteiger charge is -2.05. The van der Waals surface area contributed by atoms with Gasteiger partial charge in [-0.05, 0) is 37.1 Å². The Morgan fingerprint density at radius 2 is 1.94 bits per heavy atom. The van der Waals surface area contributed by atoms with Crippen molar-refractivity contribution in [3.8, 4) is 5.75 Å². The molecule has 0 atom stereocenters. The van der Waals surface area contributed by atoms with E-state index in [2.05, 4.69) is 9.37 Å². The summed E-state index contributed by atoms with van der Waals surface area (Å²) in [5.74, 6) is 1.56. The van der Waals surface area contributed by atoms with Crippen LogP contribution in [0.4, 0.5) is 5.69 Å². The van der Waals surface area contributed by atoms with Gasteiger partial charge in [0.25, 0.3) is 0 Å². The molecule has 5 nitrogen and oxygen atoms in total. The van der Waals surface area contributed by atoms with E-state index in [1.54, 1.807) is 12.1 Å². The molecule has 6 heteroatoms. The van der Waals surface area contributed by atoms with Crippen LogP contribution in [-0.4, -0.2) is 17.6 Å². The predicted octanol–water partition coefficient (Wildman–Crippen LogP) is 2.50. The maximum Gasteiger partial charge on any atom is 0.119 e. The van der Waals surface area contributed by atoms with Crippen molar-refractivity contribution in [2.45, 2.75) is 12.8 Å². The molecule has 16 heavy (non-hydrogen) atoms. The maximum absolute atomic E-state index is 7.86. The van der Waals surface area contributed by atoms with Gasteiger partial charge in [0, 0.05) is 23.5 Å². The van der Waals surface area contributed by atoms with Crippen molar-refractivity contribution in [3.63, 3.8) is 0 Å². The first kappa shape index (κ1) is 13.1. The minimum Gasteiger partial charge on any atom is -0.494 e. The fourth-order valence-electron chi connectivity index (χ4n) is 1.07. The van der Waals surface area contributed by atoms with Crippen LogP contribution in [0.25, 0.3) is 0 Å². The van der Waals surface area contributed by atoms with Crippen LogP contribution in [-0.2, 0) is 9.37 Å². The highest BCUT2D eigenvalue weighted by Gasteiger charge is 1.95. The number of nitrogens with two attached hydrogens (primary N) is 1. The summed E-state index contributed by atoms with van der Waals surface area (Å²) in [6, 6.07) is 7.29. The number of hydrogen-bond acceptors (Lipinski definition) is 6. The Bertz CT molecular complexity index is 281. The molecular formula is C10H15NO4S. The molecule has 1 aromatic carbocycles. The Balaban J connectivity index is 2.01. The fraction of sp³-hybridized carbons (Fsp3) is 0.400. The molecule has 0 bridgehead atoms. The van der Waals surface area contributed by atoms with Gasteiger partial charge in [-0.15, -0.1) is 4.33 Å². The van der Waals surface area contributed by atoms with Gasteiger partial charge in [0.2, 0.25) is 0 Å². The van der Waals surface area contributed by atoms with Gasteiger partial charge in [0.1, 0.15) is 5.75 Å². The normalized spacial score (nSPS) is 10.3. The van der Waals surface area contributed by atoms with Crippen molar-refractivity contribution in [3.05, 3.63) is 24.3 Å². The third-order valence-corrected chi connectivity index (χ3v) is 2.46. The lowest BCUT2D eigenvalue weighted by atomic mass is 10.3. The summed E-state index contributed by atoms with van der Waals surface area (Å²) in [5, 5.41) is 11.3. The van der Waals surface area contributed by atoms with Crippen LogP contribution in [0.3, 0.4) is 0 Å². The second kappa shape index (κ2) is 8.23. The van der Waals surface area contributed by atoms with E-state index in [9.17, 15) is 0 Å². The van der Waals surface area contributed by atoms with Crippen LogP contribution in [0.15, 0.2) is 24.3 Å². The second-order valence-corrected chi connectivity index (χ2v) is 3.87. The molecule has 3 N–H and O–H groups in total. The second-order valence-electron chi connectivity index (χ2n) is 3.09. The minimum absolute atomic E-state index is 0.643. The standard InChI is InChI=1S/C10H15NO4S/c11-9-3-5-10(6-4-9)13-7-1-2-8-16-15-14-12/h3-6,12H,1-2,7-8,11H2. The first-order valence-electron chi connectivity index (χ1n) is 4.91. The van der Waals surface area contributed by atoms with E-state index in [1.807, 2.05) is 12.1 Å². The van der Waals surface area contributed by atoms with E-state index in [4.69, 9.17) is 15.7 Å². The molecule has 0 spiro atoms. The highest BCUT2D eigenvalue weighted by atomic mass is 32.2. The zero-order chi connectivity index (χ0) is 11.6. The van der Waals surface area contributed by atoms with E-state index < -0.39 is 0 Å². The highest BCUT2D eigenvalue weighted by Crippen LogP contribution is 2.13. The number of benzene rings is 1. The molecule has 0 heterocycles. The lowest BCUT2D eigenvalue weighted by Crippen LogP contribution is -1.98. The van der Waals surface area contributed by atoms with Crippen molar-refractivity contribution in [2.75, 3.05) is 18.1 Å². The molecule has 0 saturated heterocycles. The number of rotatable bonds is 8. The van der Waals surface area contributed by atoms with Gasteiger partial charge in [-0.3, -0.25) is 0 Å². The van der Waals surface area contributed by atoms with Crippen molar-refractivity contribution < 1.29 is 19.4 Å². The first-order valence-corrected chi connectivity index (χ1v) is 5.82. The molecule has 0 aliphatic rings. The van der Waals surface area contributed by atoms with Crippen molar-refractivity contribution in [1.29, 1.82) is 0 Å². The Morgan fingerprint density at radius 3 is 2.62 bits per heavy atom. The first-order chi connectivity index (χ1) is 7.83. The molecule has 0 unspecified atom stereocenters. The molecule has 1 rings (SSSR count). The minimum atomic E-state index is 0.643. The average molecular weight is 245 g/mol. The monoisotopic (exact) mass is 245 g/mol. The SMILES string of the molecule is Nc1ccc(OCCCCSOOO)cc1. The molecular weight excluding hydrogens is 230 g/mol. The molecule has 0 aliphatic carbocycles. The molecule has 0 amide bonds. The number of hydrogen-bond donors (Lipinski definition) is 2. The number of ether oxygens (including phenoxy) is 1. The summed E-state index contributed by atoms with van der Waals surface area (Å²) in [6.07, 6.45) is 1.83. The zero-order valence-electron chi connectivity index (χ0n) is 8.80. The third kappa shape index (κ3) is 5.82. The number of anilines is 1. The molecule has 90 valence electrons. The van der Waals surface area contributed by atoms with Crippen LogP contribution < -0.4 is 10.5 Å². The summed E-state index contributed by atoms with van der Waals surface area (Å²) in [5.41, 5.74) is 6.27. The molecule has 1 aromatic rings. The molecule has 0 saturated carbocycles. The third-order valence-electron chi connectivity index (χ3n) is 1.85. The predicted molar refractivity (Wildman–Crippen MR) is 62.8 cm³/mol. The van der Waals surface area contributed by atoms with Crippen LogP contribution >= 0.6 is 12.0 Å². The number of nitrogen functional groups attached to an aromatic ring is 1.